The molecular weight excluding hydrogens is 336 g/mol. The molecule has 3 nitrogen and oxygen atoms in total. The van der Waals surface area contributed by atoms with E-state index in [0.29, 0.717) is 6.42 Å². The fourth-order valence-electron chi connectivity index (χ4n) is 3.65. The Kier molecular flexibility index (Phi) is 18.4. The summed E-state index contributed by atoms with van der Waals surface area (Å²) in [6.45, 7) is 3.67. The zero-order valence-corrected chi connectivity index (χ0v) is 18.4. The largest absolute Gasteiger partial charge is 0.479 e. The van der Waals surface area contributed by atoms with E-state index in [4.69, 9.17) is 5.11 Å². The van der Waals surface area contributed by atoms with E-state index in [2.05, 4.69) is 6.92 Å². The van der Waals surface area contributed by atoms with Crippen LogP contribution in [0.5, 0.6) is 0 Å². The number of hydrogen-bond donors (Lipinski definition) is 2. The maximum atomic E-state index is 10.8. The number of carboxylic acids is 1. The monoisotopic (exact) mass is 384 g/mol. The lowest BCUT2D eigenvalue weighted by Gasteiger charge is -2.17. The van der Waals surface area contributed by atoms with Crippen LogP contribution in [0.25, 0.3) is 0 Å². The maximum absolute atomic E-state index is 10.8. The van der Waals surface area contributed by atoms with E-state index in [1.165, 1.54) is 110 Å². The molecule has 0 aliphatic carbocycles. The van der Waals surface area contributed by atoms with Crippen molar-refractivity contribution in [2.45, 2.75) is 148 Å². The third kappa shape index (κ3) is 18.6. The summed E-state index contributed by atoms with van der Waals surface area (Å²) < 4.78 is 0. The van der Waals surface area contributed by atoms with Crippen LogP contribution in [0.15, 0.2) is 0 Å². The summed E-state index contributed by atoms with van der Waals surface area (Å²) in [5.74, 6) is -1.11. The van der Waals surface area contributed by atoms with Crippen LogP contribution in [-0.2, 0) is 4.79 Å². The summed E-state index contributed by atoms with van der Waals surface area (Å²) in [5, 5.41) is 18.5. The second-order valence-corrected chi connectivity index (χ2v) is 8.69. The fraction of sp³-hybridized carbons (Fsp3) is 0.958. The number of aliphatic hydroxyl groups is 1. The van der Waals surface area contributed by atoms with Gasteiger partial charge in [0.05, 0.1) is 0 Å². The summed E-state index contributed by atoms with van der Waals surface area (Å²) in [6, 6.07) is 0. The van der Waals surface area contributed by atoms with Crippen LogP contribution < -0.4 is 0 Å². The minimum atomic E-state index is -1.55. The van der Waals surface area contributed by atoms with Gasteiger partial charge >= 0.3 is 5.97 Å². The predicted molar refractivity (Wildman–Crippen MR) is 116 cm³/mol. The molecule has 162 valence electrons. The highest BCUT2D eigenvalue weighted by Gasteiger charge is 2.28. The quantitative estimate of drug-likeness (QED) is 0.200. The van der Waals surface area contributed by atoms with Gasteiger partial charge < -0.3 is 10.2 Å². The van der Waals surface area contributed by atoms with Crippen molar-refractivity contribution < 1.29 is 15.0 Å². The van der Waals surface area contributed by atoms with Crippen LogP contribution in [-0.4, -0.2) is 21.8 Å². The molecule has 0 radical (unpaired) electrons. The Morgan fingerprint density at radius 2 is 0.852 bits per heavy atom. The van der Waals surface area contributed by atoms with Gasteiger partial charge in [-0.05, 0) is 19.8 Å². The molecule has 1 unspecified atom stereocenters. The first-order chi connectivity index (χ1) is 13.0. The molecule has 2 N–H and O–H groups in total. The summed E-state index contributed by atoms with van der Waals surface area (Å²) in [6.07, 6.45) is 25.6. The molecule has 0 bridgehead atoms. The van der Waals surface area contributed by atoms with E-state index >= 15 is 0 Å². The van der Waals surface area contributed by atoms with E-state index in [1.54, 1.807) is 0 Å². The predicted octanol–water partition coefficient (Wildman–Crippen LogP) is 7.64. The van der Waals surface area contributed by atoms with Gasteiger partial charge in [-0.3, -0.25) is 0 Å². The molecule has 1 atom stereocenters. The Labute approximate surface area is 169 Å². The van der Waals surface area contributed by atoms with Gasteiger partial charge in [0.2, 0.25) is 0 Å². The summed E-state index contributed by atoms with van der Waals surface area (Å²) in [7, 11) is 0. The molecule has 0 spiro atoms. The Bertz CT molecular complexity index is 326. The van der Waals surface area contributed by atoms with Gasteiger partial charge in [0, 0.05) is 0 Å². The van der Waals surface area contributed by atoms with Crippen molar-refractivity contribution in [3.8, 4) is 0 Å². The molecule has 0 aromatic rings. The maximum Gasteiger partial charge on any atom is 0.335 e. The Morgan fingerprint density at radius 3 is 1.11 bits per heavy atom. The lowest BCUT2D eigenvalue weighted by Crippen LogP contribution is -2.34. The fourth-order valence-corrected chi connectivity index (χ4v) is 3.65. The molecule has 0 saturated carbocycles. The number of aliphatic carboxylic acids is 1. The van der Waals surface area contributed by atoms with E-state index in [1.807, 2.05) is 0 Å². The topological polar surface area (TPSA) is 57.5 Å². The minimum absolute atomic E-state index is 0.362. The van der Waals surface area contributed by atoms with Gasteiger partial charge in [0.1, 0.15) is 0 Å². The summed E-state index contributed by atoms with van der Waals surface area (Å²) in [4.78, 5) is 10.8. The molecule has 0 aliphatic rings. The van der Waals surface area contributed by atoms with Crippen molar-refractivity contribution in [1.29, 1.82) is 0 Å². The van der Waals surface area contributed by atoms with Crippen LogP contribution in [0.4, 0.5) is 0 Å². The average molecular weight is 385 g/mol. The van der Waals surface area contributed by atoms with Gasteiger partial charge in [-0.1, -0.05) is 122 Å². The van der Waals surface area contributed by atoms with E-state index < -0.39 is 11.6 Å². The molecule has 0 aromatic carbocycles. The van der Waals surface area contributed by atoms with Crippen molar-refractivity contribution in [3.63, 3.8) is 0 Å². The van der Waals surface area contributed by atoms with Crippen LogP contribution in [0.3, 0.4) is 0 Å². The lowest BCUT2D eigenvalue weighted by molar-refractivity contribution is -0.157. The zero-order chi connectivity index (χ0) is 20.2. The van der Waals surface area contributed by atoms with Gasteiger partial charge in [-0.15, -0.1) is 0 Å². The molecule has 0 aromatic heterocycles. The minimum Gasteiger partial charge on any atom is -0.479 e. The molecule has 0 aliphatic heterocycles. The normalized spacial score (nSPS) is 13.6. The number of unbranched alkanes of at least 4 members (excludes halogenated alkanes) is 18. The van der Waals surface area contributed by atoms with Crippen molar-refractivity contribution in [1.82, 2.24) is 0 Å². The number of carbonyl (C=O) groups is 1. The SMILES string of the molecule is CCCCCCCCCCCCCCCCCCCCCC(C)(O)C(=O)O. The van der Waals surface area contributed by atoms with E-state index in [-0.39, 0.29) is 0 Å². The van der Waals surface area contributed by atoms with E-state index in [9.17, 15) is 9.90 Å². The summed E-state index contributed by atoms with van der Waals surface area (Å²) >= 11 is 0. The molecule has 0 saturated heterocycles. The zero-order valence-electron chi connectivity index (χ0n) is 18.4. The summed E-state index contributed by atoms with van der Waals surface area (Å²) in [5.41, 5.74) is -1.55. The number of hydrogen-bond acceptors (Lipinski definition) is 2. The molecule has 0 heterocycles. The highest BCUT2D eigenvalue weighted by molar-refractivity contribution is 5.76. The van der Waals surface area contributed by atoms with E-state index in [0.717, 1.165) is 19.3 Å². The van der Waals surface area contributed by atoms with Crippen molar-refractivity contribution >= 4 is 5.97 Å². The van der Waals surface area contributed by atoms with Crippen LogP contribution in [0.1, 0.15) is 142 Å². The van der Waals surface area contributed by atoms with Crippen LogP contribution >= 0.6 is 0 Å². The van der Waals surface area contributed by atoms with Gasteiger partial charge in [-0.2, -0.15) is 0 Å². The molecule has 27 heavy (non-hydrogen) atoms. The van der Waals surface area contributed by atoms with Crippen LogP contribution in [0.2, 0.25) is 0 Å². The Morgan fingerprint density at radius 1 is 0.593 bits per heavy atom. The standard InChI is InChI=1S/C24H48O3/c1-3-4-5-6-7-8-9-10-11-12-13-14-15-16-17-18-19-20-21-22-24(2,27)23(25)26/h27H,3-22H2,1-2H3,(H,25,26). The van der Waals surface area contributed by atoms with Crippen LogP contribution in [0, 0.1) is 0 Å². The average Bonchev–Trinajstić information content (AvgIpc) is 2.63. The first-order valence-corrected chi connectivity index (χ1v) is 12.0. The smallest absolute Gasteiger partial charge is 0.335 e. The highest BCUT2D eigenvalue weighted by Crippen LogP contribution is 2.17. The number of carboxylic acid groups (broad SMARTS) is 1. The Balaban J connectivity index is 3.12. The van der Waals surface area contributed by atoms with Gasteiger partial charge in [-0.25, -0.2) is 4.79 Å². The molecule has 0 amide bonds. The first-order valence-electron chi connectivity index (χ1n) is 12.0. The van der Waals surface area contributed by atoms with Crippen molar-refractivity contribution in [2.24, 2.45) is 0 Å². The number of rotatable bonds is 21. The second kappa shape index (κ2) is 18.8. The molecule has 0 fully saturated rings. The van der Waals surface area contributed by atoms with Gasteiger partial charge in [0.25, 0.3) is 0 Å². The lowest BCUT2D eigenvalue weighted by atomic mass is 9.97. The third-order valence-corrected chi connectivity index (χ3v) is 5.73. The second-order valence-electron chi connectivity index (χ2n) is 8.69. The molecular formula is C24H48O3. The van der Waals surface area contributed by atoms with Gasteiger partial charge in [0.15, 0.2) is 5.60 Å². The molecule has 0 rings (SSSR count). The first kappa shape index (κ1) is 26.4. The molecule has 3 heteroatoms. The highest BCUT2D eigenvalue weighted by atomic mass is 16.4. The third-order valence-electron chi connectivity index (χ3n) is 5.73. The van der Waals surface area contributed by atoms with Crippen molar-refractivity contribution in [3.05, 3.63) is 0 Å². The van der Waals surface area contributed by atoms with Crippen molar-refractivity contribution in [2.75, 3.05) is 0 Å². The Hall–Kier alpha value is -0.570.